The molecule has 2 rings (SSSR count). The SMILES string of the molecule is NNc1cccc(Nc2cc(F)c(F)cc2F)n1. The van der Waals surface area contributed by atoms with Crippen molar-refractivity contribution in [1.29, 1.82) is 0 Å². The third-order valence-electron chi connectivity index (χ3n) is 2.17. The quantitative estimate of drug-likeness (QED) is 0.447. The zero-order chi connectivity index (χ0) is 13.1. The minimum atomic E-state index is -1.25. The van der Waals surface area contributed by atoms with Crippen LogP contribution in [0.3, 0.4) is 0 Å². The van der Waals surface area contributed by atoms with Gasteiger partial charge in [0.2, 0.25) is 0 Å². The summed E-state index contributed by atoms with van der Waals surface area (Å²) in [7, 11) is 0. The minimum absolute atomic E-state index is 0.212. The Morgan fingerprint density at radius 3 is 2.33 bits per heavy atom. The Labute approximate surface area is 101 Å². The maximum atomic E-state index is 13.4. The first kappa shape index (κ1) is 12.2. The van der Waals surface area contributed by atoms with Crippen molar-refractivity contribution < 1.29 is 13.2 Å². The van der Waals surface area contributed by atoms with Gasteiger partial charge in [0.05, 0.1) is 5.69 Å². The van der Waals surface area contributed by atoms with Gasteiger partial charge >= 0.3 is 0 Å². The van der Waals surface area contributed by atoms with Crippen LogP contribution in [0.25, 0.3) is 0 Å². The van der Waals surface area contributed by atoms with E-state index in [0.29, 0.717) is 11.9 Å². The molecule has 0 aliphatic heterocycles. The molecule has 4 nitrogen and oxygen atoms in total. The predicted octanol–water partition coefficient (Wildman–Crippen LogP) is 2.53. The molecule has 0 aliphatic carbocycles. The lowest BCUT2D eigenvalue weighted by molar-refractivity contribution is 0.496. The molecule has 0 fully saturated rings. The van der Waals surface area contributed by atoms with Crippen molar-refractivity contribution >= 4 is 17.3 Å². The molecular weight excluding hydrogens is 245 g/mol. The van der Waals surface area contributed by atoms with Gasteiger partial charge in [-0.3, -0.25) is 0 Å². The van der Waals surface area contributed by atoms with Crippen molar-refractivity contribution in [3.05, 3.63) is 47.8 Å². The summed E-state index contributed by atoms with van der Waals surface area (Å²) in [6.45, 7) is 0. The highest BCUT2D eigenvalue weighted by atomic mass is 19.2. The first-order valence-electron chi connectivity index (χ1n) is 4.95. The van der Waals surface area contributed by atoms with Gasteiger partial charge in [-0.1, -0.05) is 6.07 Å². The Bertz CT molecular complexity index is 574. The lowest BCUT2D eigenvalue weighted by Gasteiger charge is -2.08. The van der Waals surface area contributed by atoms with Crippen LogP contribution in [0, 0.1) is 17.5 Å². The summed E-state index contributed by atoms with van der Waals surface area (Å²) in [6.07, 6.45) is 0. The largest absolute Gasteiger partial charge is 0.338 e. The van der Waals surface area contributed by atoms with E-state index in [1.807, 2.05) is 0 Å². The van der Waals surface area contributed by atoms with E-state index in [-0.39, 0.29) is 11.5 Å². The molecule has 0 unspecified atom stereocenters. The number of nitrogens with two attached hydrogens (primary N) is 1. The van der Waals surface area contributed by atoms with E-state index in [0.717, 1.165) is 6.07 Å². The number of hydrazine groups is 1. The van der Waals surface area contributed by atoms with E-state index in [2.05, 4.69) is 15.7 Å². The van der Waals surface area contributed by atoms with Crippen LogP contribution >= 0.6 is 0 Å². The van der Waals surface area contributed by atoms with Crippen LogP contribution in [-0.2, 0) is 0 Å². The van der Waals surface area contributed by atoms with Crippen LogP contribution in [0.4, 0.5) is 30.5 Å². The second-order valence-electron chi connectivity index (χ2n) is 3.42. The molecule has 0 bridgehead atoms. The fourth-order valence-electron chi connectivity index (χ4n) is 1.34. The normalized spacial score (nSPS) is 10.2. The van der Waals surface area contributed by atoms with E-state index in [1.165, 1.54) is 6.07 Å². The Morgan fingerprint density at radius 1 is 0.944 bits per heavy atom. The monoisotopic (exact) mass is 254 g/mol. The number of aromatic nitrogens is 1. The number of nitrogens with one attached hydrogen (secondary N) is 2. The minimum Gasteiger partial charge on any atom is -0.338 e. The standard InChI is InChI=1S/C11H9F3N4/c12-6-4-8(14)9(5-7(6)13)16-10-2-1-3-11(17-10)18-15/h1-5H,15H2,(H2,16,17,18). The molecule has 2 aromatic rings. The molecule has 0 saturated heterocycles. The summed E-state index contributed by atoms with van der Waals surface area (Å²) in [5.41, 5.74) is 2.10. The van der Waals surface area contributed by atoms with Gasteiger partial charge in [0.25, 0.3) is 0 Å². The zero-order valence-electron chi connectivity index (χ0n) is 9.05. The fraction of sp³-hybridized carbons (Fsp3) is 0. The Hall–Kier alpha value is -2.28. The summed E-state index contributed by atoms with van der Waals surface area (Å²) in [4.78, 5) is 3.95. The number of hydrogen-bond donors (Lipinski definition) is 3. The molecule has 4 N–H and O–H groups in total. The summed E-state index contributed by atoms with van der Waals surface area (Å²) >= 11 is 0. The highest BCUT2D eigenvalue weighted by molar-refractivity contribution is 5.58. The number of nitrogen functional groups attached to an aromatic ring is 1. The Kier molecular flexibility index (Phi) is 3.33. The van der Waals surface area contributed by atoms with Gasteiger partial charge in [-0.15, -0.1) is 0 Å². The van der Waals surface area contributed by atoms with Crippen LogP contribution in [0.2, 0.25) is 0 Å². The summed E-state index contributed by atoms with van der Waals surface area (Å²) < 4.78 is 39.1. The van der Waals surface area contributed by atoms with E-state index in [4.69, 9.17) is 5.84 Å². The number of rotatable bonds is 3. The molecule has 0 atom stereocenters. The Balaban J connectivity index is 2.30. The Morgan fingerprint density at radius 2 is 1.61 bits per heavy atom. The lowest BCUT2D eigenvalue weighted by atomic mass is 10.2. The molecule has 1 aromatic heterocycles. The molecule has 0 spiro atoms. The molecule has 0 radical (unpaired) electrons. The van der Waals surface area contributed by atoms with Gasteiger partial charge in [-0.05, 0) is 12.1 Å². The lowest BCUT2D eigenvalue weighted by Crippen LogP contribution is -2.09. The molecular formula is C11H9F3N4. The number of nitrogens with zero attached hydrogens (tertiary/aromatic N) is 1. The molecule has 7 heteroatoms. The van der Waals surface area contributed by atoms with E-state index in [9.17, 15) is 13.2 Å². The first-order valence-corrected chi connectivity index (χ1v) is 4.95. The highest BCUT2D eigenvalue weighted by Crippen LogP contribution is 2.22. The third kappa shape index (κ3) is 2.51. The molecule has 94 valence electrons. The van der Waals surface area contributed by atoms with Gasteiger partial charge in [0.1, 0.15) is 17.5 Å². The second-order valence-corrected chi connectivity index (χ2v) is 3.42. The maximum Gasteiger partial charge on any atom is 0.161 e. The summed E-state index contributed by atoms with van der Waals surface area (Å²) in [5.74, 6) is 2.45. The number of anilines is 3. The second kappa shape index (κ2) is 4.92. The number of benzene rings is 1. The fourth-order valence-corrected chi connectivity index (χ4v) is 1.34. The highest BCUT2D eigenvalue weighted by Gasteiger charge is 2.10. The third-order valence-corrected chi connectivity index (χ3v) is 2.17. The number of pyridine rings is 1. The van der Waals surface area contributed by atoms with Crippen molar-refractivity contribution in [2.75, 3.05) is 10.7 Å². The maximum absolute atomic E-state index is 13.4. The summed E-state index contributed by atoms with van der Waals surface area (Å²) in [5, 5.41) is 2.53. The van der Waals surface area contributed by atoms with Gasteiger partial charge in [0, 0.05) is 12.1 Å². The molecule has 18 heavy (non-hydrogen) atoms. The van der Waals surface area contributed by atoms with Crippen LogP contribution in [0.15, 0.2) is 30.3 Å². The average Bonchev–Trinajstić information content (AvgIpc) is 2.36. The smallest absolute Gasteiger partial charge is 0.161 e. The first-order chi connectivity index (χ1) is 8.60. The molecule has 0 amide bonds. The van der Waals surface area contributed by atoms with Crippen LogP contribution < -0.4 is 16.6 Å². The zero-order valence-corrected chi connectivity index (χ0v) is 9.05. The van der Waals surface area contributed by atoms with Crippen molar-refractivity contribution in [3.63, 3.8) is 0 Å². The van der Waals surface area contributed by atoms with Crippen molar-refractivity contribution in [2.45, 2.75) is 0 Å². The molecule has 0 saturated carbocycles. The van der Waals surface area contributed by atoms with Crippen LogP contribution in [-0.4, -0.2) is 4.98 Å². The number of halogens is 3. The predicted molar refractivity (Wildman–Crippen MR) is 61.6 cm³/mol. The molecule has 1 aromatic carbocycles. The van der Waals surface area contributed by atoms with Gasteiger partial charge < -0.3 is 10.7 Å². The summed E-state index contributed by atoms with van der Waals surface area (Å²) in [6, 6.07) is 5.91. The number of hydrogen-bond acceptors (Lipinski definition) is 4. The van der Waals surface area contributed by atoms with Gasteiger partial charge in [-0.2, -0.15) is 0 Å². The van der Waals surface area contributed by atoms with Crippen LogP contribution in [0.5, 0.6) is 0 Å². The van der Waals surface area contributed by atoms with Crippen LogP contribution in [0.1, 0.15) is 0 Å². The van der Waals surface area contributed by atoms with Crippen molar-refractivity contribution in [3.8, 4) is 0 Å². The van der Waals surface area contributed by atoms with Crippen molar-refractivity contribution in [1.82, 2.24) is 4.98 Å². The van der Waals surface area contributed by atoms with Gasteiger partial charge in [-0.25, -0.2) is 24.0 Å². The van der Waals surface area contributed by atoms with Gasteiger partial charge in [0.15, 0.2) is 11.6 Å². The average molecular weight is 254 g/mol. The molecule has 0 aliphatic rings. The molecule has 1 heterocycles. The van der Waals surface area contributed by atoms with E-state index in [1.54, 1.807) is 12.1 Å². The topological polar surface area (TPSA) is 63.0 Å². The van der Waals surface area contributed by atoms with E-state index < -0.39 is 17.5 Å². The van der Waals surface area contributed by atoms with E-state index >= 15 is 0 Å². The van der Waals surface area contributed by atoms with Crippen molar-refractivity contribution in [2.24, 2.45) is 5.84 Å².